The first-order valence-corrected chi connectivity index (χ1v) is 11.4. The minimum atomic E-state index is -0.286. The third-order valence-corrected chi connectivity index (χ3v) is 7.35. The Balaban J connectivity index is 1.62. The largest absolute Gasteiger partial charge is 0.324 e. The Morgan fingerprint density at radius 2 is 1.73 bits per heavy atom. The fraction of sp³-hybridized carbons (Fsp3) is 0.391. The summed E-state index contributed by atoms with van der Waals surface area (Å²) < 4.78 is 15.7. The van der Waals surface area contributed by atoms with Crippen LogP contribution in [0.25, 0.3) is 0 Å². The van der Waals surface area contributed by atoms with E-state index < -0.39 is 0 Å². The van der Waals surface area contributed by atoms with E-state index in [4.69, 9.17) is 12.2 Å². The number of nitrogens with zero attached hydrogens (tertiary/aromatic N) is 3. The van der Waals surface area contributed by atoms with E-state index in [0.717, 1.165) is 43.0 Å². The summed E-state index contributed by atoms with van der Waals surface area (Å²) in [4.78, 5) is 18.0. The molecule has 2 aliphatic rings. The summed E-state index contributed by atoms with van der Waals surface area (Å²) in [6.07, 6.45) is 0.351. The average molecular weight is 444 g/mol. The molecule has 2 heterocycles. The quantitative estimate of drug-likeness (QED) is 0.510. The molecule has 158 valence electrons. The third kappa shape index (κ3) is 4.30. The predicted octanol–water partition coefficient (Wildman–Crippen LogP) is 4.49. The van der Waals surface area contributed by atoms with Crippen molar-refractivity contribution in [1.29, 1.82) is 0 Å². The summed E-state index contributed by atoms with van der Waals surface area (Å²) in [6.45, 7) is 7.85. The first-order chi connectivity index (χ1) is 14.3. The van der Waals surface area contributed by atoms with Crippen molar-refractivity contribution in [3.05, 3.63) is 64.5 Å². The second-order valence-electron chi connectivity index (χ2n) is 8.09. The van der Waals surface area contributed by atoms with Gasteiger partial charge in [-0.1, -0.05) is 18.3 Å². The molecule has 0 aromatic heterocycles. The zero-order valence-electron chi connectivity index (χ0n) is 17.5. The number of benzene rings is 2. The summed E-state index contributed by atoms with van der Waals surface area (Å²) in [5.41, 5.74) is 5.26. The van der Waals surface area contributed by atoms with Gasteiger partial charge in [0.05, 0.1) is 6.04 Å². The van der Waals surface area contributed by atoms with E-state index in [9.17, 15) is 9.18 Å². The van der Waals surface area contributed by atoms with Gasteiger partial charge in [-0.3, -0.25) is 4.79 Å². The highest BCUT2D eigenvalue weighted by Crippen LogP contribution is 2.42. The molecule has 2 aliphatic heterocycles. The first-order valence-electron chi connectivity index (χ1n) is 10.2. The second kappa shape index (κ2) is 8.75. The van der Waals surface area contributed by atoms with Gasteiger partial charge in [-0.2, -0.15) is 0 Å². The summed E-state index contributed by atoms with van der Waals surface area (Å²) in [5.74, 6) is -0.286. The van der Waals surface area contributed by atoms with Crippen LogP contribution in [0.15, 0.2) is 36.4 Å². The lowest BCUT2D eigenvalue weighted by Crippen LogP contribution is -2.41. The maximum absolute atomic E-state index is 13.5. The molecule has 0 amide bonds. The summed E-state index contributed by atoms with van der Waals surface area (Å²) in [5, 5.41) is 0.130. The Hall–Kier alpha value is -1.80. The smallest absolute Gasteiger partial charge is 0.206 e. The van der Waals surface area contributed by atoms with E-state index >= 15 is 0 Å². The molecule has 1 saturated heterocycles. The number of thiocarbonyl (C=S) groups is 1. The fourth-order valence-electron chi connectivity index (χ4n) is 4.03. The Morgan fingerprint density at radius 1 is 1.10 bits per heavy atom. The Bertz CT molecular complexity index is 971. The van der Waals surface area contributed by atoms with Crippen molar-refractivity contribution < 1.29 is 9.18 Å². The molecule has 2 aromatic rings. The van der Waals surface area contributed by atoms with Gasteiger partial charge < -0.3 is 9.80 Å². The van der Waals surface area contributed by atoms with Gasteiger partial charge in [0.1, 0.15) is 10.8 Å². The molecule has 0 spiro atoms. The molecule has 2 aromatic carbocycles. The Labute approximate surface area is 187 Å². The minimum absolute atomic E-state index is 0.130. The van der Waals surface area contributed by atoms with Crippen LogP contribution < -0.4 is 4.90 Å². The van der Waals surface area contributed by atoms with E-state index in [0.29, 0.717) is 11.4 Å². The van der Waals surface area contributed by atoms with Crippen LogP contribution in [-0.2, 0) is 4.79 Å². The van der Waals surface area contributed by atoms with Gasteiger partial charge in [0.2, 0.25) is 5.12 Å². The number of aryl methyl sites for hydroxylation is 2. The molecule has 0 bridgehead atoms. The number of carbonyl (C=O) groups is 1. The van der Waals surface area contributed by atoms with Gasteiger partial charge in [0.25, 0.3) is 0 Å². The highest BCUT2D eigenvalue weighted by Gasteiger charge is 2.37. The van der Waals surface area contributed by atoms with Crippen LogP contribution in [-0.4, -0.2) is 52.5 Å². The Kier molecular flexibility index (Phi) is 6.25. The molecule has 0 radical (unpaired) electrons. The Morgan fingerprint density at radius 3 is 2.40 bits per heavy atom. The van der Waals surface area contributed by atoms with Crippen LogP contribution in [0, 0.1) is 19.7 Å². The molecule has 1 atom stereocenters. The maximum atomic E-state index is 13.5. The zero-order chi connectivity index (χ0) is 21.4. The number of piperazine rings is 1. The van der Waals surface area contributed by atoms with E-state index in [1.807, 2.05) is 4.90 Å². The number of likely N-dealkylation sites (N-methyl/N-ethyl adjacent to an activating group) is 1. The first kappa shape index (κ1) is 21.4. The number of hydrogen-bond acceptors (Lipinski definition) is 5. The maximum Gasteiger partial charge on any atom is 0.206 e. The van der Waals surface area contributed by atoms with Crippen molar-refractivity contribution in [3.63, 3.8) is 0 Å². The van der Waals surface area contributed by atoms with Crippen LogP contribution in [0.4, 0.5) is 10.1 Å². The molecule has 0 saturated carbocycles. The van der Waals surface area contributed by atoms with Gasteiger partial charge in [-0.25, -0.2) is 8.70 Å². The number of carbonyl (C=O) groups excluding carboxylic acids is 1. The highest BCUT2D eigenvalue weighted by molar-refractivity contribution is 8.11. The molecular formula is C23H26FN3OS2. The number of rotatable bonds is 4. The molecule has 0 N–H and O–H groups in total. The number of hydrogen-bond donors (Lipinski definition) is 0. The molecule has 30 heavy (non-hydrogen) atoms. The van der Waals surface area contributed by atoms with Crippen molar-refractivity contribution in [1.82, 2.24) is 9.21 Å². The lowest BCUT2D eigenvalue weighted by molar-refractivity contribution is -0.111. The van der Waals surface area contributed by atoms with Crippen molar-refractivity contribution in [2.75, 3.05) is 38.1 Å². The monoisotopic (exact) mass is 443 g/mol. The molecular weight excluding hydrogens is 417 g/mol. The van der Waals surface area contributed by atoms with Crippen LogP contribution in [0.5, 0.6) is 0 Å². The molecule has 1 unspecified atom stereocenters. The van der Waals surface area contributed by atoms with Crippen LogP contribution in [0.2, 0.25) is 0 Å². The molecule has 4 rings (SSSR count). The van der Waals surface area contributed by atoms with Crippen molar-refractivity contribution >= 4 is 40.0 Å². The molecule has 0 aliphatic carbocycles. The predicted molar refractivity (Wildman–Crippen MR) is 126 cm³/mol. The van der Waals surface area contributed by atoms with Crippen molar-refractivity contribution in [2.45, 2.75) is 26.3 Å². The fourth-order valence-corrected chi connectivity index (χ4v) is 5.30. The average Bonchev–Trinajstić information content (AvgIpc) is 2.96. The molecule has 1 fully saturated rings. The highest BCUT2D eigenvalue weighted by atomic mass is 32.2. The van der Waals surface area contributed by atoms with Crippen molar-refractivity contribution in [2.24, 2.45) is 0 Å². The lowest BCUT2D eigenvalue weighted by atomic mass is 9.97. The normalized spacial score (nSPS) is 19.9. The van der Waals surface area contributed by atoms with Crippen LogP contribution in [0.1, 0.15) is 34.7 Å². The van der Waals surface area contributed by atoms with Crippen LogP contribution in [0.3, 0.4) is 0 Å². The van der Waals surface area contributed by atoms with Gasteiger partial charge in [0.15, 0.2) is 0 Å². The summed E-state index contributed by atoms with van der Waals surface area (Å²) >= 11 is 7.15. The number of halogens is 1. The molecule has 4 nitrogen and oxygen atoms in total. The number of fused-ring (bicyclic) bond motifs is 1. The van der Waals surface area contributed by atoms with Crippen LogP contribution >= 0.6 is 24.2 Å². The summed E-state index contributed by atoms with van der Waals surface area (Å²) in [6, 6.07) is 10.4. The van der Waals surface area contributed by atoms with E-state index in [1.165, 1.54) is 35.2 Å². The number of anilines is 1. The molecule has 7 heteroatoms. The van der Waals surface area contributed by atoms with Crippen molar-refractivity contribution in [3.8, 4) is 0 Å². The second-order valence-corrected chi connectivity index (χ2v) is 9.63. The van der Waals surface area contributed by atoms with Gasteiger partial charge in [-0.05, 0) is 79.9 Å². The lowest BCUT2D eigenvalue weighted by Gasteiger charge is -2.31. The topological polar surface area (TPSA) is 26.8 Å². The van der Waals surface area contributed by atoms with Gasteiger partial charge in [-0.15, -0.1) is 0 Å². The standard InChI is InChI=1S/C23H26FN3OS2/c1-15-12-19-20(13-16(15)2)23(29)27(18-6-4-17(24)5-7-18)21(19)14-22(28)30-26-10-8-25(3)9-11-26/h4-7,12-13,21H,8-11,14H2,1-3H3. The minimum Gasteiger partial charge on any atom is -0.324 e. The van der Waals surface area contributed by atoms with E-state index in [-0.39, 0.29) is 17.0 Å². The van der Waals surface area contributed by atoms with E-state index in [1.54, 1.807) is 12.1 Å². The third-order valence-electron chi connectivity index (χ3n) is 5.94. The zero-order valence-corrected chi connectivity index (χ0v) is 19.2. The van der Waals surface area contributed by atoms with Gasteiger partial charge in [0, 0.05) is 43.9 Å². The van der Waals surface area contributed by atoms with Gasteiger partial charge >= 0.3 is 0 Å². The van der Waals surface area contributed by atoms with E-state index in [2.05, 4.69) is 42.2 Å². The summed E-state index contributed by atoms with van der Waals surface area (Å²) in [7, 11) is 2.10. The SMILES string of the molecule is Cc1cc2c(cc1C)C(CC(=O)SN1CCN(C)CC1)N(c1ccc(F)cc1)C2=S.